The largest absolute Gasteiger partial charge is 0.494 e. The summed E-state index contributed by atoms with van der Waals surface area (Å²) in [7, 11) is -1.02. The number of imide groups is 1. The number of anilines is 5. The van der Waals surface area contributed by atoms with E-state index >= 15 is 0 Å². The number of nitrogens with zero attached hydrogens (tertiary/aromatic N) is 7. The molecule has 0 bridgehead atoms. The number of hydrogen-bond donors (Lipinski definition) is 3. The summed E-state index contributed by atoms with van der Waals surface area (Å²) in [5.74, 6) is 0.890. The molecule has 3 fully saturated rings. The van der Waals surface area contributed by atoms with Gasteiger partial charge in [0.15, 0.2) is 5.58 Å². The van der Waals surface area contributed by atoms with Crippen molar-refractivity contribution in [1.82, 2.24) is 35.1 Å². The molecule has 334 valence electrons. The molecule has 3 saturated heterocycles. The topological polar surface area (TPSA) is 171 Å². The van der Waals surface area contributed by atoms with Crippen molar-refractivity contribution in [2.45, 2.75) is 57.4 Å². The molecule has 6 aromatic rings. The number of rotatable bonds is 13. The fourth-order valence-electron chi connectivity index (χ4n) is 9.35. The number of halogens is 1. The molecule has 1 atom stereocenters. The van der Waals surface area contributed by atoms with Gasteiger partial charge in [0.25, 0.3) is 0 Å². The number of pyridine rings is 1. The van der Waals surface area contributed by atoms with Crippen LogP contribution in [0.3, 0.4) is 0 Å². The van der Waals surface area contributed by atoms with E-state index in [-0.39, 0.29) is 11.8 Å². The molecule has 15 nitrogen and oxygen atoms in total. The molecule has 6 heterocycles. The molecule has 3 aliphatic rings. The first-order valence-electron chi connectivity index (χ1n) is 22.1. The predicted molar refractivity (Wildman–Crippen MR) is 256 cm³/mol. The van der Waals surface area contributed by atoms with Gasteiger partial charge in [-0.3, -0.25) is 24.8 Å². The van der Waals surface area contributed by atoms with Crippen LogP contribution >= 0.6 is 23.1 Å². The van der Waals surface area contributed by atoms with Crippen LogP contribution in [0.15, 0.2) is 75.9 Å². The molecule has 3 aromatic heterocycles. The summed E-state index contributed by atoms with van der Waals surface area (Å²) in [5, 5.41) is 10.8. The number of carbonyl (C=O) groups is 2. The van der Waals surface area contributed by atoms with E-state index in [0.29, 0.717) is 58.0 Å². The maximum absolute atomic E-state index is 13.6. The number of ether oxygens (including phenoxy) is 1. The van der Waals surface area contributed by atoms with Crippen molar-refractivity contribution < 1.29 is 23.3 Å². The molecule has 64 heavy (non-hydrogen) atoms. The van der Waals surface area contributed by atoms with E-state index in [0.717, 1.165) is 98.9 Å². The molecule has 17 heteroatoms. The van der Waals surface area contributed by atoms with Crippen molar-refractivity contribution in [3.63, 3.8) is 0 Å². The molecule has 0 aliphatic carbocycles. The lowest BCUT2D eigenvalue weighted by Gasteiger charge is -2.43. The SMILES string of the molecule is CCc1cc(Nc2ncc(Br)c(Nc3cnc4ccccc4c3P(C)(C)=O)n2)c(OC)cc1N1CCC(N2CCN(CCc3ccc4nc(C5CCC(=O)NC5=O)oc4c3)CC2)CC1. The Bertz CT molecular complexity index is 2760. The molecule has 9 rings (SSSR count). The van der Waals surface area contributed by atoms with E-state index in [9.17, 15) is 14.2 Å². The van der Waals surface area contributed by atoms with Crippen molar-refractivity contribution in [1.29, 1.82) is 0 Å². The van der Waals surface area contributed by atoms with Gasteiger partial charge in [-0.25, -0.2) is 9.97 Å². The molecule has 3 aliphatic heterocycles. The zero-order valence-corrected chi connectivity index (χ0v) is 39.2. The van der Waals surface area contributed by atoms with Crippen molar-refractivity contribution in [3.05, 3.63) is 88.5 Å². The van der Waals surface area contributed by atoms with E-state index in [1.807, 2.05) is 36.4 Å². The van der Waals surface area contributed by atoms with Gasteiger partial charge in [0.05, 0.1) is 34.7 Å². The third-order valence-electron chi connectivity index (χ3n) is 12.8. The number of amides is 2. The zero-order valence-electron chi connectivity index (χ0n) is 36.7. The van der Waals surface area contributed by atoms with Crippen molar-refractivity contribution in [2.75, 3.05) is 81.8 Å². The maximum Gasteiger partial charge on any atom is 0.239 e. The fourth-order valence-corrected chi connectivity index (χ4v) is 11.1. The van der Waals surface area contributed by atoms with Gasteiger partial charge >= 0.3 is 0 Å². The Labute approximate surface area is 381 Å². The average Bonchev–Trinajstić information content (AvgIpc) is 3.72. The van der Waals surface area contributed by atoms with Crippen molar-refractivity contribution in [2.24, 2.45) is 0 Å². The Morgan fingerprint density at radius 3 is 2.45 bits per heavy atom. The highest BCUT2D eigenvalue weighted by Gasteiger charge is 2.33. The smallest absolute Gasteiger partial charge is 0.239 e. The number of aromatic nitrogens is 4. The number of hydrogen-bond acceptors (Lipinski definition) is 14. The number of carbonyl (C=O) groups excluding carboxylic acids is 2. The van der Waals surface area contributed by atoms with Crippen LogP contribution in [-0.2, 0) is 27.0 Å². The number of piperazine rings is 1. The molecule has 3 aromatic carbocycles. The molecular formula is C47H54BrN10O5P. The monoisotopic (exact) mass is 948 g/mol. The summed E-state index contributed by atoms with van der Waals surface area (Å²) in [6.45, 7) is 12.8. The molecule has 1 unspecified atom stereocenters. The number of fused-ring (bicyclic) bond motifs is 2. The van der Waals surface area contributed by atoms with E-state index in [1.165, 1.54) is 16.8 Å². The van der Waals surface area contributed by atoms with Crippen molar-refractivity contribution >= 4 is 91.0 Å². The van der Waals surface area contributed by atoms with Crippen LogP contribution in [-0.4, -0.2) is 114 Å². The number of piperidine rings is 2. The number of oxazole rings is 1. The van der Waals surface area contributed by atoms with Crippen LogP contribution in [0, 0.1) is 0 Å². The number of aryl methyl sites for hydroxylation is 1. The van der Waals surface area contributed by atoms with Gasteiger partial charge < -0.3 is 34.2 Å². The summed E-state index contributed by atoms with van der Waals surface area (Å²) in [4.78, 5) is 50.3. The summed E-state index contributed by atoms with van der Waals surface area (Å²) in [5.41, 5.74) is 7.22. The molecule has 0 saturated carbocycles. The van der Waals surface area contributed by atoms with Gasteiger partial charge in [0.2, 0.25) is 23.7 Å². The minimum atomic E-state index is -2.71. The van der Waals surface area contributed by atoms with Gasteiger partial charge in [-0.1, -0.05) is 31.2 Å². The first kappa shape index (κ1) is 43.8. The van der Waals surface area contributed by atoms with Gasteiger partial charge in [-0.15, -0.1) is 0 Å². The highest BCUT2D eigenvalue weighted by molar-refractivity contribution is 9.10. The second kappa shape index (κ2) is 18.6. The second-order valence-corrected chi connectivity index (χ2v) is 21.3. The first-order valence-corrected chi connectivity index (χ1v) is 25.5. The van der Waals surface area contributed by atoms with E-state index in [2.05, 4.69) is 86.7 Å². The Hall–Kier alpha value is -5.41. The molecule has 3 N–H and O–H groups in total. The number of nitrogens with one attached hydrogen (secondary N) is 3. The highest BCUT2D eigenvalue weighted by Crippen LogP contribution is 2.42. The zero-order chi connectivity index (χ0) is 44.5. The number of benzene rings is 3. The lowest BCUT2D eigenvalue weighted by atomic mass is 9.98. The summed E-state index contributed by atoms with van der Waals surface area (Å²) in [6, 6.07) is 18.7. The fraction of sp³-hybridized carbons (Fsp3) is 0.404. The molecule has 2 amide bonds. The van der Waals surface area contributed by atoms with E-state index in [1.54, 1.807) is 32.8 Å². The van der Waals surface area contributed by atoms with Gasteiger partial charge in [0, 0.05) is 86.9 Å². The normalized spacial score (nSPS) is 18.1. The van der Waals surface area contributed by atoms with Crippen LogP contribution < -0.4 is 30.9 Å². The minimum Gasteiger partial charge on any atom is -0.494 e. The lowest BCUT2D eigenvalue weighted by Crippen LogP contribution is -2.53. The maximum atomic E-state index is 13.6. The van der Waals surface area contributed by atoms with Crippen LogP contribution in [0.4, 0.5) is 28.8 Å². The minimum absolute atomic E-state index is 0.246. The number of para-hydroxylation sites is 1. The van der Waals surface area contributed by atoms with Crippen LogP contribution in [0.2, 0.25) is 0 Å². The van der Waals surface area contributed by atoms with E-state index < -0.39 is 13.1 Å². The lowest BCUT2D eigenvalue weighted by molar-refractivity contribution is -0.134. The quantitative estimate of drug-likeness (QED) is 0.0765. The Morgan fingerprint density at radius 1 is 0.906 bits per heavy atom. The van der Waals surface area contributed by atoms with Crippen LogP contribution in [0.5, 0.6) is 5.75 Å². The molecular weight excluding hydrogens is 895 g/mol. The summed E-state index contributed by atoms with van der Waals surface area (Å²) >= 11 is 3.61. The predicted octanol–water partition coefficient (Wildman–Crippen LogP) is 7.58. The van der Waals surface area contributed by atoms with E-state index in [4.69, 9.17) is 14.1 Å². The third kappa shape index (κ3) is 9.37. The number of methoxy groups -OCH3 is 1. The second-order valence-electron chi connectivity index (χ2n) is 17.3. The first-order chi connectivity index (χ1) is 30.9. The summed E-state index contributed by atoms with van der Waals surface area (Å²) in [6.07, 6.45) is 8.09. The molecule has 0 radical (unpaired) electrons. The highest BCUT2D eigenvalue weighted by atomic mass is 79.9. The third-order valence-corrected chi connectivity index (χ3v) is 14.9. The Morgan fingerprint density at radius 2 is 1.70 bits per heavy atom. The Kier molecular flexibility index (Phi) is 12.7. The standard InChI is InChI=1S/C47H54BrN10O5P/c1-5-30-25-37(53-47-50-27-34(48)44(55-47)51-38-28-49-35-9-7-6-8-32(35)43(38)64(3,4)61)40(62-2)26-39(30)58-18-15-31(16-19-58)57-22-20-56(21-23-57)17-14-29-10-12-36-41(24-29)63-46(52-36)33-11-13-42(59)54-45(33)60/h6-10,12,24-28,31,33H,5,11,13-23H2,1-4H3,(H,54,59,60)(H2,50,51,53,55). The van der Waals surface area contributed by atoms with Gasteiger partial charge in [0.1, 0.15) is 30.1 Å². The molecule has 0 spiro atoms. The van der Waals surface area contributed by atoms with Crippen LogP contribution in [0.25, 0.3) is 22.0 Å². The average molecular weight is 950 g/mol. The van der Waals surface area contributed by atoms with Gasteiger partial charge in [-0.2, -0.15) is 4.98 Å². The van der Waals surface area contributed by atoms with Crippen LogP contribution in [0.1, 0.15) is 55.5 Å². The Balaban J connectivity index is 0.796. The van der Waals surface area contributed by atoms with Crippen molar-refractivity contribution in [3.8, 4) is 5.75 Å². The van der Waals surface area contributed by atoms with Gasteiger partial charge in [-0.05, 0) is 96.8 Å². The summed E-state index contributed by atoms with van der Waals surface area (Å²) < 4.78 is 26.2.